The third-order valence-corrected chi connectivity index (χ3v) is 11.5. The van der Waals surface area contributed by atoms with Crippen LogP contribution in [0.5, 0.6) is 0 Å². The van der Waals surface area contributed by atoms with Gasteiger partial charge in [-0.3, -0.25) is 18.6 Å². The summed E-state index contributed by atoms with van der Waals surface area (Å²) in [5.74, 6) is -0.926. The molecule has 0 rings (SSSR count). The number of rotatable bonds is 46. The number of ether oxygens (including phenoxy) is 2. The topological polar surface area (TPSA) is 149 Å². The fourth-order valence-electron chi connectivity index (χ4n) is 6.81. The molecule has 3 N–H and O–H groups in total. The van der Waals surface area contributed by atoms with E-state index in [1.165, 1.54) is 141 Å². The van der Waals surface area contributed by atoms with E-state index in [4.69, 9.17) is 23.6 Å². The number of carbonyl (C=O) groups is 2. The number of aliphatic hydroxyl groups is 2. The summed E-state index contributed by atoms with van der Waals surface area (Å²) < 4.78 is 32.8. The lowest BCUT2D eigenvalue weighted by molar-refractivity contribution is -0.161. The third kappa shape index (κ3) is 44.3. The SMILES string of the molecule is CCCCCCCC/C=C/CCCCCCCCCCCCCC(=O)O[C@H](COC(=O)CCCCCCC/C=C/CCCCCCCC)COP(=O)(O)OC[C@@H](O)CO. The number of hydrogen-bond donors (Lipinski definition) is 3. The molecule has 11 heteroatoms. The molecular formula is C48H91O10P. The zero-order chi connectivity index (χ0) is 43.3. The Morgan fingerprint density at radius 2 is 0.831 bits per heavy atom. The number of allylic oxidation sites excluding steroid dienone is 4. The Kier molecular flexibility index (Phi) is 43.3. The first-order chi connectivity index (χ1) is 28.7. The van der Waals surface area contributed by atoms with E-state index in [9.17, 15) is 24.2 Å². The molecule has 0 aliphatic carbocycles. The van der Waals surface area contributed by atoms with E-state index in [-0.39, 0.29) is 19.4 Å². The van der Waals surface area contributed by atoms with E-state index in [2.05, 4.69) is 38.2 Å². The molecule has 1 unspecified atom stereocenters. The molecule has 0 saturated carbocycles. The second-order valence-electron chi connectivity index (χ2n) is 16.5. The first-order valence-corrected chi connectivity index (χ1v) is 25.8. The first kappa shape index (κ1) is 57.4. The Hall–Kier alpha value is -1.55. The van der Waals surface area contributed by atoms with E-state index in [0.29, 0.717) is 12.8 Å². The van der Waals surface area contributed by atoms with Gasteiger partial charge >= 0.3 is 19.8 Å². The normalized spacial score (nSPS) is 13.9. The highest BCUT2D eigenvalue weighted by Crippen LogP contribution is 2.43. The van der Waals surface area contributed by atoms with Crippen LogP contribution < -0.4 is 0 Å². The van der Waals surface area contributed by atoms with Gasteiger partial charge in [-0.25, -0.2) is 4.57 Å². The standard InChI is InChI=1S/C48H91O10P/c1-3-5-7-9-11-13-15-17-19-20-21-22-23-24-26-28-30-32-34-36-38-40-48(52)58-46(44-57-59(53,54)56-42-45(50)41-49)43-55-47(51)39-37-35-33-31-29-27-25-18-16-14-12-10-8-6-4-2/h17-19,25,45-46,49-50H,3-16,20-24,26-44H2,1-2H3,(H,53,54)/b19-17+,25-18+/t45-,46+/m0/s1. The molecule has 0 aliphatic rings. The average molecular weight is 859 g/mol. The highest BCUT2D eigenvalue weighted by atomic mass is 31.2. The smallest absolute Gasteiger partial charge is 0.462 e. The maximum Gasteiger partial charge on any atom is 0.472 e. The van der Waals surface area contributed by atoms with Crippen molar-refractivity contribution in [3.05, 3.63) is 24.3 Å². The van der Waals surface area contributed by atoms with Crippen LogP contribution in [-0.2, 0) is 32.7 Å². The van der Waals surface area contributed by atoms with Crippen LogP contribution in [0.2, 0.25) is 0 Å². The fraction of sp³-hybridized carbons (Fsp3) is 0.875. The zero-order valence-corrected chi connectivity index (χ0v) is 38.9. The monoisotopic (exact) mass is 859 g/mol. The van der Waals surface area contributed by atoms with Gasteiger partial charge in [0.1, 0.15) is 12.7 Å². The maximum absolute atomic E-state index is 12.7. The summed E-state index contributed by atoms with van der Waals surface area (Å²) in [7, 11) is -4.62. The van der Waals surface area contributed by atoms with Crippen LogP contribution in [0.4, 0.5) is 0 Å². The van der Waals surface area contributed by atoms with E-state index in [0.717, 1.165) is 51.4 Å². The fourth-order valence-corrected chi connectivity index (χ4v) is 7.60. The van der Waals surface area contributed by atoms with Crippen LogP contribution in [0.15, 0.2) is 24.3 Å². The highest BCUT2D eigenvalue weighted by Gasteiger charge is 2.27. The van der Waals surface area contributed by atoms with Gasteiger partial charge < -0.3 is 24.6 Å². The number of esters is 2. The maximum atomic E-state index is 12.7. The summed E-state index contributed by atoms with van der Waals surface area (Å²) in [6.07, 6.45) is 45.7. The Morgan fingerprint density at radius 1 is 0.492 bits per heavy atom. The average Bonchev–Trinajstić information content (AvgIpc) is 3.22. The molecule has 10 nitrogen and oxygen atoms in total. The van der Waals surface area contributed by atoms with Crippen LogP contribution in [0, 0.1) is 0 Å². The number of hydrogen-bond acceptors (Lipinski definition) is 9. The minimum Gasteiger partial charge on any atom is -0.462 e. The summed E-state index contributed by atoms with van der Waals surface area (Å²) in [5, 5.41) is 18.4. The van der Waals surface area contributed by atoms with Crippen LogP contribution in [-0.4, -0.2) is 65.7 Å². The second-order valence-corrected chi connectivity index (χ2v) is 17.9. The molecule has 0 spiro atoms. The molecule has 0 fully saturated rings. The molecular weight excluding hydrogens is 767 g/mol. The van der Waals surface area contributed by atoms with Gasteiger partial charge in [-0.05, 0) is 64.2 Å². The van der Waals surface area contributed by atoms with E-state index in [1.54, 1.807) is 0 Å². The lowest BCUT2D eigenvalue weighted by Gasteiger charge is -2.20. The van der Waals surface area contributed by atoms with Crippen molar-refractivity contribution in [2.45, 2.75) is 244 Å². The van der Waals surface area contributed by atoms with E-state index in [1.807, 2.05) is 0 Å². The molecule has 0 saturated heterocycles. The largest absolute Gasteiger partial charge is 0.472 e. The Bertz CT molecular complexity index is 1040. The molecule has 0 aromatic carbocycles. The van der Waals surface area contributed by atoms with Gasteiger partial charge in [0, 0.05) is 12.8 Å². The number of carbonyl (C=O) groups excluding carboxylic acids is 2. The predicted molar refractivity (Wildman–Crippen MR) is 242 cm³/mol. The molecule has 0 heterocycles. The summed E-state index contributed by atoms with van der Waals surface area (Å²) in [4.78, 5) is 35.1. The van der Waals surface area contributed by atoms with Crippen molar-refractivity contribution in [2.24, 2.45) is 0 Å². The van der Waals surface area contributed by atoms with Gasteiger partial charge in [0.05, 0.1) is 19.8 Å². The quantitative estimate of drug-likeness (QED) is 0.0234. The number of phosphoric ester groups is 1. The van der Waals surface area contributed by atoms with Gasteiger partial charge in [0.2, 0.25) is 0 Å². The number of phosphoric acid groups is 1. The molecule has 0 amide bonds. The molecule has 59 heavy (non-hydrogen) atoms. The lowest BCUT2D eigenvalue weighted by Crippen LogP contribution is -2.29. The number of aliphatic hydroxyl groups excluding tert-OH is 2. The van der Waals surface area contributed by atoms with Gasteiger partial charge in [0.15, 0.2) is 6.10 Å². The third-order valence-electron chi connectivity index (χ3n) is 10.6. The van der Waals surface area contributed by atoms with Crippen molar-refractivity contribution in [1.82, 2.24) is 0 Å². The van der Waals surface area contributed by atoms with Gasteiger partial charge in [-0.15, -0.1) is 0 Å². The molecule has 0 aromatic heterocycles. The minimum atomic E-state index is -4.62. The molecule has 348 valence electrons. The highest BCUT2D eigenvalue weighted by molar-refractivity contribution is 7.47. The molecule has 0 aliphatic heterocycles. The van der Waals surface area contributed by atoms with Gasteiger partial charge in [0.25, 0.3) is 0 Å². The van der Waals surface area contributed by atoms with E-state index >= 15 is 0 Å². The summed E-state index contributed by atoms with van der Waals surface area (Å²) in [6, 6.07) is 0. The Morgan fingerprint density at radius 3 is 1.22 bits per heavy atom. The van der Waals surface area contributed by atoms with Gasteiger partial charge in [-0.2, -0.15) is 0 Å². The van der Waals surface area contributed by atoms with Crippen molar-refractivity contribution in [2.75, 3.05) is 26.4 Å². The van der Waals surface area contributed by atoms with Crippen LogP contribution in [0.3, 0.4) is 0 Å². The minimum absolute atomic E-state index is 0.184. The van der Waals surface area contributed by atoms with Crippen molar-refractivity contribution in [1.29, 1.82) is 0 Å². The van der Waals surface area contributed by atoms with E-state index < -0.39 is 51.8 Å². The zero-order valence-electron chi connectivity index (χ0n) is 38.0. The molecule has 0 radical (unpaired) electrons. The molecule has 3 atom stereocenters. The van der Waals surface area contributed by atoms with Crippen molar-refractivity contribution in [3.63, 3.8) is 0 Å². The lowest BCUT2D eigenvalue weighted by atomic mass is 10.0. The number of unbranched alkanes of at least 4 members (excludes halogenated alkanes) is 28. The Labute approximate surface area is 361 Å². The first-order valence-electron chi connectivity index (χ1n) is 24.3. The van der Waals surface area contributed by atoms with Crippen LogP contribution >= 0.6 is 7.82 Å². The van der Waals surface area contributed by atoms with Crippen molar-refractivity contribution >= 4 is 19.8 Å². The molecule has 0 aromatic rings. The van der Waals surface area contributed by atoms with Crippen LogP contribution in [0.25, 0.3) is 0 Å². The van der Waals surface area contributed by atoms with Gasteiger partial charge in [-0.1, -0.05) is 179 Å². The summed E-state index contributed by atoms with van der Waals surface area (Å²) in [6.45, 7) is 2.39. The summed E-state index contributed by atoms with van der Waals surface area (Å²) in [5.41, 5.74) is 0. The predicted octanol–water partition coefficient (Wildman–Crippen LogP) is 13.3. The Balaban J connectivity index is 4.19. The second kappa shape index (κ2) is 44.5. The van der Waals surface area contributed by atoms with Crippen molar-refractivity contribution < 1.29 is 47.8 Å². The van der Waals surface area contributed by atoms with Crippen LogP contribution in [0.1, 0.15) is 232 Å². The van der Waals surface area contributed by atoms with Crippen molar-refractivity contribution in [3.8, 4) is 0 Å². The summed E-state index contributed by atoms with van der Waals surface area (Å²) >= 11 is 0. The molecule has 0 bridgehead atoms.